The first-order valence-corrected chi connectivity index (χ1v) is 11.8. The van der Waals surface area contributed by atoms with Gasteiger partial charge < -0.3 is 16.0 Å². The number of allylic oxidation sites excluding steroid dienone is 1. The maximum atomic E-state index is 12.2. The fourth-order valence-electron chi connectivity index (χ4n) is 4.46. The number of rotatable bonds is 12. The lowest BCUT2D eigenvalue weighted by Crippen LogP contribution is -2.38. The van der Waals surface area contributed by atoms with E-state index in [2.05, 4.69) is 24.1 Å². The first-order chi connectivity index (χ1) is 14.6. The summed E-state index contributed by atoms with van der Waals surface area (Å²) >= 11 is 0. The van der Waals surface area contributed by atoms with Gasteiger partial charge in [0.1, 0.15) is 5.54 Å². The van der Waals surface area contributed by atoms with E-state index in [-0.39, 0.29) is 11.4 Å². The highest BCUT2D eigenvalue weighted by Crippen LogP contribution is 2.47. The van der Waals surface area contributed by atoms with Crippen LogP contribution in [0.4, 0.5) is 0 Å². The van der Waals surface area contributed by atoms with Crippen LogP contribution in [0.3, 0.4) is 0 Å². The van der Waals surface area contributed by atoms with Crippen molar-refractivity contribution in [2.45, 2.75) is 83.6 Å². The number of unbranched alkanes of at least 4 members (excludes halogenated alkanes) is 2. The molecule has 0 aromatic heterocycles. The van der Waals surface area contributed by atoms with Crippen LogP contribution in [-0.2, 0) is 11.2 Å². The van der Waals surface area contributed by atoms with Crippen LogP contribution in [0.1, 0.15) is 77.2 Å². The van der Waals surface area contributed by atoms with Crippen molar-refractivity contribution in [3.63, 3.8) is 0 Å². The molecule has 1 aromatic rings. The SMILES string of the molecule is CCCCC1(CCCC)N=C(N)N(CCCNC(=O)Cc2ccccc2)C1=C1CC1. The van der Waals surface area contributed by atoms with Crippen molar-refractivity contribution in [3.05, 3.63) is 47.2 Å². The van der Waals surface area contributed by atoms with Crippen LogP contribution in [0.15, 0.2) is 46.6 Å². The molecular formula is C25H38N4O. The Bertz CT molecular complexity index is 755. The van der Waals surface area contributed by atoms with E-state index in [1.807, 2.05) is 30.3 Å². The molecule has 164 valence electrons. The van der Waals surface area contributed by atoms with Crippen molar-refractivity contribution in [1.29, 1.82) is 0 Å². The fraction of sp³-hybridized carbons (Fsp3) is 0.600. The number of amides is 1. The number of hydrogen-bond donors (Lipinski definition) is 2. The zero-order chi connectivity index (χ0) is 21.4. The molecule has 0 radical (unpaired) electrons. The highest BCUT2D eigenvalue weighted by atomic mass is 16.1. The molecule has 5 nitrogen and oxygen atoms in total. The molecule has 3 N–H and O–H groups in total. The van der Waals surface area contributed by atoms with Crippen molar-refractivity contribution in [2.75, 3.05) is 13.1 Å². The van der Waals surface area contributed by atoms with Gasteiger partial charge in [0.15, 0.2) is 5.96 Å². The minimum atomic E-state index is -0.113. The van der Waals surface area contributed by atoms with E-state index in [9.17, 15) is 4.79 Å². The van der Waals surface area contributed by atoms with Crippen LogP contribution in [0.5, 0.6) is 0 Å². The molecular weight excluding hydrogens is 372 g/mol. The van der Waals surface area contributed by atoms with E-state index in [1.165, 1.54) is 44.2 Å². The Hall–Kier alpha value is -2.30. The third kappa shape index (κ3) is 5.65. The molecule has 1 amide bonds. The summed E-state index contributed by atoms with van der Waals surface area (Å²) in [4.78, 5) is 19.5. The van der Waals surface area contributed by atoms with E-state index >= 15 is 0 Å². The van der Waals surface area contributed by atoms with Gasteiger partial charge in [-0.1, -0.05) is 69.9 Å². The monoisotopic (exact) mass is 410 g/mol. The summed E-state index contributed by atoms with van der Waals surface area (Å²) in [5.41, 5.74) is 10.3. The largest absolute Gasteiger partial charge is 0.369 e. The van der Waals surface area contributed by atoms with Gasteiger partial charge in [-0.15, -0.1) is 0 Å². The number of nitrogens with one attached hydrogen (secondary N) is 1. The second-order valence-corrected chi connectivity index (χ2v) is 8.68. The van der Waals surface area contributed by atoms with Gasteiger partial charge in [0.05, 0.1) is 6.42 Å². The van der Waals surface area contributed by atoms with Crippen molar-refractivity contribution in [3.8, 4) is 0 Å². The predicted octanol–water partition coefficient (Wildman–Crippen LogP) is 4.53. The summed E-state index contributed by atoms with van der Waals surface area (Å²) in [5.74, 6) is 0.748. The Kier molecular flexibility index (Phi) is 7.94. The molecule has 0 saturated heterocycles. The zero-order valence-electron chi connectivity index (χ0n) is 18.8. The van der Waals surface area contributed by atoms with E-state index < -0.39 is 0 Å². The minimum Gasteiger partial charge on any atom is -0.369 e. The third-order valence-corrected chi connectivity index (χ3v) is 6.13. The number of aliphatic imine (C=N–C) groups is 1. The second-order valence-electron chi connectivity index (χ2n) is 8.68. The van der Waals surface area contributed by atoms with Gasteiger partial charge in [0, 0.05) is 18.8 Å². The standard InChI is InChI=1S/C25H38N4O/c1-3-5-15-25(16-6-4-2)23(21-13-14-21)29(24(26)28-25)18-10-17-27-22(30)19-20-11-8-7-9-12-20/h7-9,11-12H,3-6,10,13-19H2,1-2H3,(H2,26,28)(H,27,30). The van der Waals surface area contributed by atoms with Crippen LogP contribution < -0.4 is 11.1 Å². The Morgan fingerprint density at radius 1 is 1.10 bits per heavy atom. The lowest BCUT2D eigenvalue weighted by atomic mass is 9.84. The van der Waals surface area contributed by atoms with E-state index in [4.69, 9.17) is 10.7 Å². The van der Waals surface area contributed by atoms with Crippen molar-refractivity contribution in [2.24, 2.45) is 10.7 Å². The number of nitrogens with two attached hydrogens (primary N) is 1. The quantitative estimate of drug-likeness (QED) is 0.497. The summed E-state index contributed by atoms with van der Waals surface area (Å²) in [5, 5.41) is 3.06. The Morgan fingerprint density at radius 2 is 1.77 bits per heavy atom. The molecule has 5 heteroatoms. The molecule has 3 rings (SSSR count). The van der Waals surface area contributed by atoms with Gasteiger partial charge in [-0.25, -0.2) is 4.99 Å². The fourth-order valence-corrected chi connectivity index (χ4v) is 4.46. The molecule has 0 unspecified atom stereocenters. The van der Waals surface area contributed by atoms with Crippen LogP contribution in [0.2, 0.25) is 0 Å². The Labute approximate surface area is 181 Å². The van der Waals surface area contributed by atoms with Crippen molar-refractivity contribution < 1.29 is 4.79 Å². The summed E-state index contributed by atoms with van der Waals surface area (Å²) in [6, 6.07) is 9.88. The minimum absolute atomic E-state index is 0.0743. The van der Waals surface area contributed by atoms with Gasteiger partial charge in [-0.05, 0) is 43.2 Å². The third-order valence-electron chi connectivity index (χ3n) is 6.13. The highest BCUT2D eigenvalue weighted by molar-refractivity contribution is 5.84. The molecule has 1 heterocycles. The van der Waals surface area contributed by atoms with Crippen molar-refractivity contribution in [1.82, 2.24) is 10.2 Å². The highest BCUT2D eigenvalue weighted by Gasteiger charge is 2.45. The maximum Gasteiger partial charge on any atom is 0.224 e. The Balaban J connectivity index is 1.57. The van der Waals surface area contributed by atoms with E-state index in [1.54, 1.807) is 5.57 Å². The summed E-state index contributed by atoms with van der Waals surface area (Å²) in [6.07, 6.45) is 10.6. The molecule has 0 bridgehead atoms. The second kappa shape index (κ2) is 10.6. The van der Waals surface area contributed by atoms with Crippen molar-refractivity contribution >= 4 is 11.9 Å². The number of nitrogens with zero attached hydrogens (tertiary/aromatic N) is 2. The molecule has 1 fully saturated rings. The Morgan fingerprint density at radius 3 is 2.37 bits per heavy atom. The van der Waals surface area contributed by atoms with Gasteiger partial charge in [0.2, 0.25) is 5.91 Å². The normalized spacial score (nSPS) is 17.3. The van der Waals surface area contributed by atoms with Crippen LogP contribution in [0.25, 0.3) is 0 Å². The maximum absolute atomic E-state index is 12.2. The summed E-state index contributed by atoms with van der Waals surface area (Å²) in [7, 11) is 0. The number of carbonyl (C=O) groups is 1. The number of hydrogen-bond acceptors (Lipinski definition) is 4. The average Bonchev–Trinajstić information content (AvgIpc) is 3.54. The first-order valence-electron chi connectivity index (χ1n) is 11.8. The number of carbonyl (C=O) groups excluding carboxylic acids is 1. The molecule has 1 saturated carbocycles. The van der Waals surface area contributed by atoms with Gasteiger partial charge in [-0.2, -0.15) is 0 Å². The molecule has 1 aromatic carbocycles. The number of benzene rings is 1. The molecule has 2 aliphatic rings. The summed E-state index contributed by atoms with van der Waals surface area (Å²) in [6.45, 7) is 5.97. The molecule has 0 atom stereocenters. The molecule has 0 spiro atoms. The smallest absolute Gasteiger partial charge is 0.224 e. The average molecular weight is 411 g/mol. The van der Waals surface area contributed by atoms with E-state index in [0.717, 1.165) is 31.4 Å². The van der Waals surface area contributed by atoms with Gasteiger partial charge in [0.25, 0.3) is 0 Å². The van der Waals surface area contributed by atoms with Crippen LogP contribution >= 0.6 is 0 Å². The topological polar surface area (TPSA) is 70.7 Å². The molecule has 1 aliphatic carbocycles. The lowest BCUT2D eigenvalue weighted by molar-refractivity contribution is -0.120. The van der Waals surface area contributed by atoms with Gasteiger partial charge in [-0.3, -0.25) is 4.79 Å². The van der Waals surface area contributed by atoms with Crippen LogP contribution in [-0.4, -0.2) is 35.4 Å². The molecule has 1 aliphatic heterocycles. The lowest BCUT2D eigenvalue weighted by Gasteiger charge is -2.32. The first kappa shape index (κ1) is 22.4. The zero-order valence-corrected chi connectivity index (χ0v) is 18.8. The summed E-state index contributed by atoms with van der Waals surface area (Å²) < 4.78 is 0. The number of guanidine groups is 1. The van der Waals surface area contributed by atoms with Crippen LogP contribution in [0, 0.1) is 0 Å². The predicted molar refractivity (Wildman–Crippen MR) is 124 cm³/mol. The molecule has 30 heavy (non-hydrogen) atoms. The van der Waals surface area contributed by atoms with Gasteiger partial charge >= 0.3 is 0 Å². The van der Waals surface area contributed by atoms with E-state index in [0.29, 0.717) is 18.9 Å².